The Labute approximate surface area is 135 Å². The first-order chi connectivity index (χ1) is 10.9. The van der Waals surface area contributed by atoms with Crippen molar-refractivity contribution in [1.29, 1.82) is 0 Å². The molecule has 1 aromatic carbocycles. The van der Waals surface area contributed by atoms with E-state index in [1.165, 1.54) is 0 Å². The average molecular weight is 322 g/mol. The molecule has 3 rings (SSSR count). The van der Waals surface area contributed by atoms with Crippen molar-refractivity contribution in [2.45, 2.75) is 57.3 Å². The molecule has 2 unspecified atom stereocenters. The predicted octanol–water partition coefficient (Wildman–Crippen LogP) is 2.12. The lowest BCUT2D eigenvalue weighted by molar-refractivity contribution is -0.235. The summed E-state index contributed by atoms with van der Waals surface area (Å²) < 4.78 is 28.4. The summed E-state index contributed by atoms with van der Waals surface area (Å²) in [5, 5.41) is 0. The molecule has 0 aromatic heterocycles. The molecule has 0 aliphatic carbocycles. The molecule has 0 spiro atoms. The number of ether oxygens (including phenoxy) is 5. The number of benzene rings is 1. The molecule has 5 atom stereocenters. The van der Waals surface area contributed by atoms with Crippen LogP contribution in [0.1, 0.15) is 31.1 Å². The summed E-state index contributed by atoms with van der Waals surface area (Å²) >= 11 is 0. The van der Waals surface area contributed by atoms with Gasteiger partial charge in [0.1, 0.15) is 24.4 Å². The van der Waals surface area contributed by atoms with E-state index in [2.05, 4.69) is 0 Å². The average Bonchev–Trinajstić information content (AvgIpc) is 3.00. The summed E-state index contributed by atoms with van der Waals surface area (Å²) in [6, 6.07) is 8.86. The van der Waals surface area contributed by atoms with Crippen LogP contribution in [0, 0.1) is 0 Å². The van der Waals surface area contributed by atoms with Gasteiger partial charge in [-0.05, 0) is 32.9 Å². The molecule has 2 aliphatic rings. The highest BCUT2D eigenvalue weighted by Crippen LogP contribution is 2.40. The van der Waals surface area contributed by atoms with Gasteiger partial charge in [-0.3, -0.25) is 0 Å². The molecular formula is C17H22O6. The van der Waals surface area contributed by atoms with Crippen LogP contribution in [0.4, 0.5) is 0 Å². The van der Waals surface area contributed by atoms with Crippen molar-refractivity contribution in [3.63, 3.8) is 0 Å². The molecule has 23 heavy (non-hydrogen) atoms. The van der Waals surface area contributed by atoms with E-state index in [0.29, 0.717) is 5.56 Å². The quantitative estimate of drug-likeness (QED) is 0.791. The summed E-state index contributed by atoms with van der Waals surface area (Å²) in [7, 11) is 1.55. The predicted molar refractivity (Wildman–Crippen MR) is 80.8 cm³/mol. The lowest BCUT2D eigenvalue weighted by Crippen LogP contribution is -2.39. The van der Waals surface area contributed by atoms with Crippen molar-refractivity contribution in [2.24, 2.45) is 0 Å². The van der Waals surface area contributed by atoms with E-state index in [1.54, 1.807) is 38.3 Å². The topological polar surface area (TPSA) is 63.2 Å². The summed E-state index contributed by atoms with van der Waals surface area (Å²) in [5.41, 5.74) is 0.501. The number of esters is 1. The second-order valence-corrected chi connectivity index (χ2v) is 6.25. The van der Waals surface area contributed by atoms with Gasteiger partial charge < -0.3 is 23.7 Å². The zero-order valence-electron chi connectivity index (χ0n) is 13.7. The van der Waals surface area contributed by atoms with Crippen LogP contribution in [0.25, 0.3) is 0 Å². The third kappa shape index (κ3) is 3.26. The highest BCUT2D eigenvalue weighted by Gasteiger charge is 2.57. The normalized spacial score (nSPS) is 33.2. The number of rotatable bonds is 4. The number of carbonyl (C=O) groups excluding carboxylic acids is 1. The molecule has 0 bridgehead atoms. The molecule has 126 valence electrons. The van der Waals surface area contributed by atoms with Crippen LogP contribution in [0.3, 0.4) is 0 Å². The largest absolute Gasteiger partial charge is 0.456 e. The Kier molecular flexibility index (Phi) is 4.42. The molecule has 6 nitrogen and oxygen atoms in total. The molecule has 0 amide bonds. The SMILES string of the molecule is COC1O[C@H]([C@@H](C)OC(=O)c2ccccc2)[C@H]2OC(C)(C)OC12. The number of hydrogen-bond donors (Lipinski definition) is 0. The highest BCUT2D eigenvalue weighted by molar-refractivity contribution is 5.89. The molecule has 0 radical (unpaired) electrons. The van der Waals surface area contributed by atoms with Crippen molar-refractivity contribution in [1.82, 2.24) is 0 Å². The number of fused-ring (bicyclic) bond motifs is 1. The maximum Gasteiger partial charge on any atom is 0.338 e. The van der Waals surface area contributed by atoms with E-state index < -0.39 is 30.3 Å². The van der Waals surface area contributed by atoms with Gasteiger partial charge in [0.15, 0.2) is 12.1 Å². The van der Waals surface area contributed by atoms with E-state index in [4.69, 9.17) is 23.7 Å². The molecule has 2 saturated heterocycles. The second-order valence-electron chi connectivity index (χ2n) is 6.25. The minimum Gasteiger partial charge on any atom is -0.456 e. The van der Waals surface area contributed by atoms with Gasteiger partial charge in [0.05, 0.1) is 5.56 Å². The zero-order valence-corrected chi connectivity index (χ0v) is 13.7. The summed E-state index contributed by atoms with van der Waals surface area (Å²) in [4.78, 5) is 12.2. The van der Waals surface area contributed by atoms with Crippen molar-refractivity contribution < 1.29 is 28.5 Å². The van der Waals surface area contributed by atoms with Gasteiger partial charge in [-0.25, -0.2) is 4.79 Å². The summed E-state index contributed by atoms with van der Waals surface area (Å²) in [6.07, 6.45) is -2.15. The second kappa shape index (κ2) is 6.20. The fraction of sp³-hybridized carbons (Fsp3) is 0.588. The van der Waals surface area contributed by atoms with E-state index in [1.807, 2.05) is 19.9 Å². The number of hydrogen-bond acceptors (Lipinski definition) is 6. The Morgan fingerprint density at radius 2 is 1.83 bits per heavy atom. The molecule has 6 heteroatoms. The van der Waals surface area contributed by atoms with Crippen LogP contribution >= 0.6 is 0 Å². The Bertz CT molecular complexity index is 557. The summed E-state index contributed by atoms with van der Waals surface area (Å²) in [5.74, 6) is -1.10. The highest BCUT2D eigenvalue weighted by atomic mass is 16.8. The Morgan fingerprint density at radius 1 is 1.17 bits per heavy atom. The molecule has 0 saturated carbocycles. The van der Waals surface area contributed by atoms with Crippen LogP contribution in [0.2, 0.25) is 0 Å². The number of methoxy groups -OCH3 is 1. The van der Waals surface area contributed by atoms with Crippen LogP contribution in [0.15, 0.2) is 30.3 Å². The van der Waals surface area contributed by atoms with Crippen molar-refractivity contribution in [2.75, 3.05) is 7.11 Å². The first-order valence-corrected chi connectivity index (χ1v) is 7.71. The molecule has 1 aromatic rings. The van der Waals surface area contributed by atoms with Gasteiger partial charge in [-0.1, -0.05) is 18.2 Å². The van der Waals surface area contributed by atoms with E-state index in [-0.39, 0.29) is 12.2 Å². The minimum absolute atomic E-state index is 0.335. The van der Waals surface area contributed by atoms with Crippen molar-refractivity contribution >= 4 is 5.97 Å². The third-order valence-corrected chi connectivity index (χ3v) is 4.04. The van der Waals surface area contributed by atoms with E-state index in [0.717, 1.165) is 0 Å². The van der Waals surface area contributed by atoms with E-state index in [9.17, 15) is 4.79 Å². The monoisotopic (exact) mass is 322 g/mol. The zero-order chi connectivity index (χ0) is 16.6. The lowest BCUT2D eigenvalue weighted by Gasteiger charge is -2.26. The third-order valence-electron chi connectivity index (χ3n) is 4.04. The van der Waals surface area contributed by atoms with Gasteiger partial charge in [0.2, 0.25) is 0 Å². The van der Waals surface area contributed by atoms with E-state index >= 15 is 0 Å². The maximum absolute atomic E-state index is 12.2. The maximum atomic E-state index is 12.2. The van der Waals surface area contributed by atoms with Crippen LogP contribution in [-0.2, 0) is 23.7 Å². The Balaban J connectivity index is 1.70. The van der Waals surface area contributed by atoms with Crippen LogP contribution in [-0.4, -0.2) is 49.6 Å². The van der Waals surface area contributed by atoms with Gasteiger partial charge in [-0.2, -0.15) is 0 Å². The first kappa shape index (κ1) is 16.4. The number of carbonyl (C=O) groups is 1. The van der Waals surface area contributed by atoms with Gasteiger partial charge in [-0.15, -0.1) is 0 Å². The molecule has 2 heterocycles. The van der Waals surface area contributed by atoms with Gasteiger partial charge in [0.25, 0.3) is 0 Å². The Hall–Kier alpha value is -1.47. The molecule has 0 N–H and O–H groups in total. The smallest absolute Gasteiger partial charge is 0.338 e. The minimum atomic E-state index is -0.711. The lowest BCUT2D eigenvalue weighted by atomic mass is 10.1. The van der Waals surface area contributed by atoms with Gasteiger partial charge in [0, 0.05) is 7.11 Å². The summed E-state index contributed by atoms with van der Waals surface area (Å²) in [6.45, 7) is 5.47. The first-order valence-electron chi connectivity index (χ1n) is 7.71. The molecule has 2 aliphatic heterocycles. The van der Waals surface area contributed by atoms with Gasteiger partial charge >= 0.3 is 5.97 Å². The Morgan fingerprint density at radius 3 is 2.48 bits per heavy atom. The molecular weight excluding hydrogens is 300 g/mol. The van der Waals surface area contributed by atoms with Crippen molar-refractivity contribution in [3.05, 3.63) is 35.9 Å². The fourth-order valence-electron chi connectivity index (χ4n) is 3.04. The van der Waals surface area contributed by atoms with Crippen LogP contribution in [0.5, 0.6) is 0 Å². The van der Waals surface area contributed by atoms with Crippen LogP contribution < -0.4 is 0 Å². The fourth-order valence-corrected chi connectivity index (χ4v) is 3.04. The standard InChI is InChI=1S/C17H22O6/c1-10(20-15(18)11-8-6-5-7-9-11)12-13-14(16(19-4)21-12)23-17(2,3)22-13/h5-10,12-14,16H,1-4H3/t10-,12-,13-,14?,16?/m1/s1. The molecule has 2 fully saturated rings. The van der Waals surface area contributed by atoms with Crippen molar-refractivity contribution in [3.8, 4) is 0 Å².